The number of ether oxygens (including phenoxy) is 1. The Balaban J connectivity index is 0.00000264. The quantitative estimate of drug-likeness (QED) is 0.251. The monoisotopic (exact) mass is 438 g/mol. The standard InChI is InChI=1S/C17H34N4O.HI/c1-3-16-6-4-5-11-21(16)12-9-19-17(18-2)20-10-13-22-14-15-7-8-15;/h15-16H,3-14H2,1-2H3,(H2,18,19,20);1H. The van der Waals surface area contributed by atoms with E-state index in [0.29, 0.717) is 0 Å². The molecule has 2 aliphatic rings. The van der Waals surface area contributed by atoms with Gasteiger partial charge < -0.3 is 15.4 Å². The molecule has 2 fully saturated rings. The molecule has 1 saturated heterocycles. The number of nitrogens with one attached hydrogen (secondary N) is 2. The molecule has 1 atom stereocenters. The lowest BCUT2D eigenvalue weighted by Gasteiger charge is -2.35. The highest BCUT2D eigenvalue weighted by Gasteiger charge is 2.21. The number of halogens is 1. The van der Waals surface area contributed by atoms with Gasteiger partial charge in [0.2, 0.25) is 0 Å². The van der Waals surface area contributed by atoms with Crippen molar-refractivity contribution in [2.75, 3.05) is 46.4 Å². The van der Waals surface area contributed by atoms with E-state index in [-0.39, 0.29) is 24.0 Å². The van der Waals surface area contributed by atoms with Crippen molar-refractivity contribution in [3.63, 3.8) is 0 Å². The minimum atomic E-state index is 0. The van der Waals surface area contributed by atoms with Crippen LogP contribution in [0.1, 0.15) is 45.4 Å². The topological polar surface area (TPSA) is 48.9 Å². The molecule has 6 heteroatoms. The van der Waals surface area contributed by atoms with Crippen LogP contribution in [0.2, 0.25) is 0 Å². The lowest BCUT2D eigenvalue weighted by Crippen LogP contribution is -2.46. The van der Waals surface area contributed by atoms with Crippen LogP contribution in [0.25, 0.3) is 0 Å². The van der Waals surface area contributed by atoms with Gasteiger partial charge in [0.05, 0.1) is 6.61 Å². The number of hydrogen-bond donors (Lipinski definition) is 2. The van der Waals surface area contributed by atoms with Gasteiger partial charge in [0.15, 0.2) is 5.96 Å². The van der Waals surface area contributed by atoms with E-state index in [9.17, 15) is 0 Å². The van der Waals surface area contributed by atoms with E-state index >= 15 is 0 Å². The second kappa shape index (κ2) is 12.3. The van der Waals surface area contributed by atoms with Gasteiger partial charge in [-0.25, -0.2) is 0 Å². The highest BCUT2D eigenvalue weighted by atomic mass is 127. The molecule has 0 amide bonds. The lowest BCUT2D eigenvalue weighted by atomic mass is 10.0. The van der Waals surface area contributed by atoms with Crippen LogP contribution >= 0.6 is 24.0 Å². The van der Waals surface area contributed by atoms with Gasteiger partial charge in [-0.15, -0.1) is 24.0 Å². The molecule has 1 heterocycles. The fraction of sp³-hybridized carbons (Fsp3) is 0.941. The van der Waals surface area contributed by atoms with Gasteiger partial charge in [0.25, 0.3) is 0 Å². The Morgan fingerprint density at radius 2 is 1.96 bits per heavy atom. The highest BCUT2D eigenvalue weighted by Crippen LogP contribution is 2.28. The van der Waals surface area contributed by atoms with E-state index in [1.54, 1.807) is 0 Å². The van der Waals surface area contributed by atoms with Crippen LogP contribution in [-0.4, -0.2) is 63.3 Å². The lowest BCUT2D eigenvalue weighted by molar-refractivity contribution is 0.129. The number of piperidine rings is 1. The first-order valence-electron chi connectivity index (χ1n) is 9.09. The molecule has 136 valence electrons. The zero-order valence-electron chi connectivity index (χ0n) is 14.9. The number of hydrogen-bond acceptors (Lipinski definition) is 3. The van der Waals surface area contributed by atoms with Gasteiger partial charge in [-0.05, 0) is 44.6 Å². The molecule has 1 unspecified atom stereocenters. The Labute approximate surface area is 159 Å². The summed E-state index contributed by atoms with van der Waals surface area (Å²) in [6, 6.07) is 0.779. The molecule has 2 rings (SSSR count). The van der Waals surface area contributed by atoms with Crippen LogP contribution in [-0.2, 0) is 4.74 Å². The third kappa shape index (κ3) is 8.54. The van der Waals surface area contributed by atoms with Crippen molar-refractivity contribution in [1.82, 2.24) is 15.5 Å². The number of guanidine groups is 1. The fourth-order valence-electron chi connectivity index (χ4n) is 3.13. The number of aliphatic imine (C=N–C) groups is 1. The minimum absolute atomic E-state index is 0. The summed E-state index contributed by atoms with van der Waals surface area (Å²) in [5, 5.41) is 6.74. The van der Waals surface area contributed by atoms with Gasteiger partial charge in [-0.1, -0.05) is 13.3 Å². The highest BCUT2D eigenvalue weighted by molar-refractivity contribution is 14.0. The third-order valence-electron chi connectivity index (χ3n) is 4.72. The average molecular weight is 438 g/mol. The summed E-state index contributed by atoms with van der Waals surface area (Å²) in [6.07, 6.45) is 8.08. The van der Waals surface area contributed by atoms with E-state index < -0.39 is 0 Å². The van der Waals surface area contributed by atoms with Crippen LogP contribution in [0.4, 0.5) is 0 Å². The maximum absolute atomic E-state index is 5.63. The maximum atomic E-state index is 5.63. The maximum Gasteiger partial charge on any atom is 0.191 e. The molecular weight excluding hydrogens is 403 g/mol. The van der Waals surface area contributed by atoms with Crippen LogP contribution in [0.5, 0.6) is 0 Å². The van der Waals surface area contributed by atoms with Gasteiger partial charge in [-0.3, -0.25) is 9.89 Å². The molecule has 23 heavy (non-hydrogen) atoms. The fourth-order valence-corrected chi connectivity index (χ4v) is 3.13. The van der Waals surface area contributed by atoms with Crippen molar-refractivity contribution in [3.8, 4) is 0 Å². The first-order valence-corrected chi connectivity index (χ1v) is 9.09. The van der Waals surface area contributed by atoms with Crippen LogP contribution < -0.4 is 10.6 Å². The van der Waals surface area contributed by atoms with E-state index in [1.165, 1.54) is 45.1 Å². The predicted octanol–water partition coefficient (Wildman–Crippen LogP) is 2.46. The van der Waals surface area contributed by atoms with Gasteiger partial charge >= 0.3 is 0 Å². The van der Waals surface area contributed by atoms with Crippen molar-refractivity contribution in [3.05, 3.63) is 0 Å². The smallest absolute Gasteiger partial charge is 0.191 e. The summed E-state index contributed by atoms with van der Waals surface area (Å²) in [5.41, 5.74) is 0. The second-order valence-electron chi connectivity index (χ2n) is 6.54. The molecule has 1 aliphatic carbocycles. The first kappa shape index (κ1) is 21.0. The summed E-state index contributed by atoms with van der Waals surface area (Å²) in [7, 11) is 1.83. The third-order valence-corrected chi connectivity index (χ3v) is 4.72. The Morgan fingerprint density at radius 3 is 2.65 bits per heavy atom. The Hall–Kier alpha value is -0.0800. The van der Waals surface area contributed by atoms with Crippen molar-refractivity contribution >= 4 is 29.9 Å². The number of nitrogens with zero attached hydrogens (tertiary/aromatic N) is 2. The van der Waals surface area contributed by atoms with Gasteiger partial charge in [-0.2, -0.15) is 0 Å². The molecule has 0 aromatic rings. The summed E-state index contributed by atoms with van der Waals surface area (Å²) in [5.74, 6) is 1.73. The molecule has 0 aromatic heterocycles. The van der Waals surface area contributed by atoms with E-state index in [2.05, 4.69) is 27.4 Å². The van der Waals surface area contributed by atoms with E-state index in [1.807, 2.05) is 7.05 Å². The van der Waals surface area contributed by atoms with Crippen LogP contribution in [0.3, 0.4) is 0 Å². The van der Waals surface area contributed by atoms with Crippen molar-refractivity contribution in [1.29, 1.82) is 0 Å². The SMILES string of the molecule is CCC1CCCCN1CCNC(=NC)NCCOCC1CC1.I. The molecule has 1 aliphatic heterocycles. The van der Waals surface area contributed by atoms with E-state index in [0.717, 1.165) is 50.8 Å². The first-order chi connectivity index (χ1) is 10.8. The molecule has 1 saturated carbocycles. The largest absolute Gasteiger partial charge is 0.379 e. The van der Waals surface area contributed by atoms with Crippen molar-refractivity contribution in [2.45, 2.75) is 51.5 Å². The summed E-state index contributed by atoms with van der Waals surface area (Å²) < 4.78 is 5.63. The zero-order valence-corrected chi connectivity index (χ0v) is 17.2. The second-order valence-corrected chi connectivity index (χ2v) is 6.54. The molecule has 0 bridgehead atoms. The van der Waals surface area contributed by atoms with Crippen LogP contribution in [0, 0.1) is 5.92 Å². The molecular formula is C17H35IN4O. The van der Waals surface area contributed by atoms with Crippen LogP contribution in [0.15, 0.2) is 4.99 Å². The van der Waals surface area contributed by atoms with E-state index in [4.69, 9.17) is 4.74 Å². The van der Waals surface area contributed by atoms with Crippen molar-refractivity contribution < 1.29 is 4.74 Å². The summed E-state index contributed by atoms with van der Waals surface area (Å²) >= 11 is 0. The predicted molar refractivity (Wildman–Crippen MR) is 108 cm³/mol. The van der Waals surface area contributed by atoms with Gasteiger partial charge in [0, 0.05) is 39.3 Å². The Kier molecular flexibility index (Phi) is 11.2. The Bertz CT molecular complexity index is 337. The summed E-state index contributed by atoms with van der Waals surface area (Å²) in [4.78, 5) is 6.90. The molecule has 0 spiro atoms. The van der Waals surface area contributed by atoms with Crippen molar-refractivity contribution in [2.24, 2.45) is 10.9 Å². The molecule has 0 radical (unpaired) electrons. The number of likely N-dealkylation sites (tertiary alicyclic amines) is 1. The minimum Gasteiger partial charge on any atom is -0.379 e. The number of rotatable bonds is 9. The molecule has 5 nitrogen and oxygen atoms in total. The zero-order chi connectivity index (χ0) is 15.6. The normalized spacial score (nSPS) is 22.5. The Morgan fingerprint density at radius 1 is 1.17 bits per heavy atom. The average Bonchev–Trinajstić information content (AvgIpc) is 3.37. The summed E-state index contributed by atoms with van der Waals surface area (Å²) in [6.45, 7) is 8.15. The van der Waals surface area contributed by atoms with Gasteiger partial charge in [0.1, 0.15) is 0 Å². The molecule has 2 N–H and O–H groups in total. The molecule has 0 aromatic carbocycles.